The van der Waals surface area contributed by atoms with Crippen LogP contribution >= 0.6 is 0 Å². The molecule has 1 aromatic carbocycles. The topological polar surface area (TPSA) is 90.6 Å². The summed E-state index contributed by atoms with van der Waals surface area (Å²) in [5, 5.41) is 20.4. The Morgan fingerprint density at radius 2 is 2.19 bits per heavy atom. The summed E-state index contributed by atoms with van der Waals surface area (Å²) in [4.78, 5) is 25.9. The molecule has 1 amide bonds. The standard InChI is InChI=1S/C15H14N2O4/c1-14(13(19)21-2)7-9(8-16)15(20)11-6-4-3-5-10(11)12(18)17(14)15/h3-6,9,20H,7H2,1-2H3/t9-,14-,15-/m0/s1. The number of benzene rings is 1. The third kappa shape index (κ3) is 1.39. The van der Waals surface area contributed by atoms with Crippen LogP contribution in [0.25, 0.3) is 0 Å². The van der Waals surface area contributed by atoms with Gasteiger partial charge in [-0.3, -0.25) is 9.69 Å². The van der Waals surface area contributed by atoms with E-state index < -0.39 is 29.1 Å². The van der Waals surface area contributed by atoms with Crippen LogP contribution in [0.5, 0.6) is 0 Å². The molecule has 0 spiro atoms. The van der Waals surface area contributed by atoms with Crippen molar-refractivity contribution in [1.29, 1.82) is 5.26 Å². The van der Waals surface area contributed by atoms with Crippen molar-refractivity contribution in [3.05, 3.63) is 35.4 Å². The fourth-order valence-electron chi connectivity index (χ4n) is 3.49. The number of hydrogen-bond acceptors (Lipinski definition) is 5. The van der Waals surface area contributed by atoms with Crippen LogP contribution in [0.15, 0.2) is 24.3 Å². The zero-order valence-electron chi connectivity index (χ0n) is 11.7. The van der Waals surface area contributed by atoms with Crippen LogP contribution in [0.2, 0.25) is 0 Å². The van der Waals surface area contributed by atoms with Gasteiger partial charge in [-0.05, 0) is 13.0 Å². The van der Waals surface area contributed by atoms with Crippen molar-refractivity contribution in [3.8, 4) is 6.07 Å². The number of aliphatic hydroxyl groups is 1. The zero-order chi connectivity index (χ0) is 15.4. The second kappa shape index (κ2) is 4.06. The van der Waals surface area contributed by atoms with Crippen LogP contribution in [0.3, 0.4) is 0 Å². The van der Waals surface area contributed by atoms with Crippen LogP contribution in [0.4, 0.5) is 0 Å². The molecule has 6 nitrogen and oxygen atoms in total. The van der Waals surface area contributed by atoms with Gasteiger partial charge >= 0.3 is 5.97 Å². The van der Waals surface area contributed by atoms with E-state index in [1.807, 2.05) is 6.07 Å². The molecule has 1 aromatic rings. The Kier molecular flexibility index (Phi) is 2.62. The van der Waals surface area contributed by atoms with Gasteiger partial charge in [0.2, 0.25) is 0 Å². The highest BCUT2D eigenvalue weighted by Gasteiger charge is 2.68. The highest BCUT2D eigenvalue weighted by atomic mass is 16.5. The number of amides is 1. The van der Waals surface area contributed by atoms with Crippen molar-refractivity contribution >= 4 is 11.9 Å². The Morgan fingerprint density at radius 1 is 1.52 bits per heavy atom. The molecule has 0 saturated carbocycles. The predicted octanol–water partition coefficient (Wildman–Crippen LogP) is 0.763. The lowest BCUT2D eigenvalue weighted by Gasteiger charge is -2.36. The molecule has 2 aliphatic heterocycles. The van der Waals surface area contributed by atoms with Crippen molar-refractivity contribution in [1.82, 2.24) is 4.90 Å². The Bertz CT molecular complexity index is 695. The van der Waals surface area contributed by atoms with E-state index in [1.165, 1.54) is 14.0 Å². The molecule has 3 rings (SSSR count). The average molecular weight is 286 g/mol. The van der Waals surface area contributed by atoms with E-state index in [-0.39, 0.29) is 6.42 Å². The van der Waals surface area contributed by atoms with Gasteiger partial charge in [-0.15, -0.1) is 0 Å². The highest BCUT2D eigenvalue weighted by molar-refractivity contribution is 6.03. The Hall–Kier alpha value is -2.39. The minimum atomic E-state index is -1.79. The number of nitriles is 1. The summed E-state index contributed by atoms with van der Waals surface area (Å²) in [7, 11) is 1.22. The van der Waals surface area contributed by atoms with Crippen molar-refractivity contribution in [3.63, 3.8) is 0 Å². The SMILES string of the molecule is COC(=O)[C@]1(C)C[C@@H](C#N)[C@]2(O)c3ccccc3C(=O)N12. The zero-order valence-corrected chi connectivity index (χ0v) is 11.7. The van der Waals surface area contributed by atoms with Crippen LogP contribution in [0.1, 0.15) is 29.3 Å². The van der Waals surface area contributed by atoms with Gasteiger partial charge < -0.3 is 9.84 Å². The van der Waals surface area contributed by atoms with Crippen LogP contribution in [-0.4, -0.2) is 34.5 Å². The first-order valence-corrected chi connectivity index (χ1v) is 6.56. The second-order valence-corrected chi connectivity index (χ2v) is 5.56. The van der Waals surface area contributed by atoms with E-state index in [2.05, 4.69) is 0 Å². The minimum absolute atomic E-state index is 0.0345. The first-order chi connectivity index (χ1) is 9.91. The van der Waals surface area contributed by atoms with Gasteiger partial charge in [0.15, 0.2) is 5.72 Å². The van der Waals surface area contributed by atoms with Crippen molar-refractivity contribution < 1.29 is 19.4 Å². The first kappa shape index (κ1) is 13.6. The summed E-state index contributed by atoms with van der Waals surface area (Å²) >= 11 is 0. The maximum absolute atomic E-state index is 12.6. The van der Waals surface area contributed by atoms with Gasteiger partial charge in [0.05, 0.1) is 13.2 Å². The lowest BCUT2D eigenvalue weighted by atomic mass is 9.87. The number of fused-ring (bicyclic) bond motifs is 3. The van der Waals surface area contributed by atoms with Crippen molar-refractivity contribution in [2.45, 2.75) is 24.6 Å². The van der Waals surface area contributed by atoms with Gasteiger partial charge in [0.1, 0.15) is 11.5 Å². The highest BCUT2D eigenvalue weighted by Crippen LogP contribution is 2.55. The number of methoxy groups -OCH3 is 1. The molecule has 0 bridgehead atoms. The molecule has 1 saturated heterocycles. The third-order valence-corrected chi connectivity index (χ3v) is 4.46. The van der Waals surface area contributed by atoms with Gasteiger partial charge in [-0.2, -0.15) is 5.26 Å². The molecule has 6 heteroatoms. The molecule has 0 aromatic heterocycles. The fourth-order valence-corrected chi connectivity index (χ4v) is 3.49. The molecule has 0 radical (unpaired) electrons. The number of ether oxygens (including phenoxy) is 1. The molecule has 21 heavy (non-hydrogen) atoms. The third-order valence-electron chi connectivity index (χ3n) is 4.46. The quantitative estimate of drug-likeness (QED) is 0.770. The lowest BCUT2D eigenvalue weighted by Crippen LogP contribution is -2.55. The molecule has 1 fully saturated rings. The first-order valence-electron chi connectivity index (χ1n) is 6.56. The summed E-state index contributed by atoms with van der Waals surface area (Å²) in [6.07, 6.45) is 0.0345. The van der Waals surface area contributed by atoms with E-state index in [0.717, 1.165) is 4.90 Å². The summed E-state index contributed by atoms with van der Waals surface area (Å²) in [6.45, 7) is 1.52. The van der Waals surface area contributed by atoms with Gasteiger partial charge in [0, 0.05) is 17.5 Å². The molecular weight excluding hydrogens is 272 g/mol. The van der Waals surface area contributed by atoms with E-state index in [4.69, 9.17) is 4.74 Å². The molecule has 2 aliphatic rings. The molecule has 108 valence electrons. The van der Waals surface area contributed by atoms with Gasteiger partial charge in [-0.1, -0.05) is 18.2 Å². The minimum Gasteiger partial charge on any atom is -0.467 e. The molecule has 0 unspecified atom stereocenters. The van der Waals surface area contributed by atoms with Crippen molar-refractivity contribution in [2.75, 3.05) is 7.11 Å². The lowest BCUT2D eigenvalue weighted by molar-refractivity contribution is -0.160. The van der Waals surface area contributed by atoms with E-state index >= 15 is 0 Å². The van der Waals surface area contributed by atoms with Crippen molar-refractivity contribution in [2.24, 2.45) is 5.92 Å². The number of esters is 1. The van der Waals surface area contributed by atoms with Gasteiger partial charge in [-0.25, -0.2) is 4.79 Å². The number of hydrogen-bond donors (Lipinski definition) is 1. The second-order valence-electron chi connectivity index (χ2n) is 5.56. The average Bonchev–Trinajstić information content (AvgIpc) is 2.88. The monoisotopic (exact) mass is 286 g/mol. The summed E-state index contributed by atoms with van der Waals surface area (Å²) in [6, 6.07) is 8.58. The Morgan fingerprint density at radius 3 is 2.81 bits per heavy atom. The molecule has 0 aliphatic carbocycles. The number of carbonyl (C=O) groups is 2. The molecule has 3 atom stereocenters. The summed E-state index contributed by atoms with van der Waals surface area (Å²) in [5.74, 6) is -1.99. The van der Waals surface area contributed by atoms with E-state index in [1.54, 1.807) is 24.3 Å². The molecule has 1 N–H and O–H groups in total. The van der Waals surface area contributed by atoms with Crippen LogP contribution < -0.4 is 0 Å². The Balaban J connectivity index is 2.26. The summed E-state index contributed by atoms with van der Waals surface area (Å²) in [5.41, 5.74) is -2.46. The molecule has 2 heterocycles. The number of rotatable bonds is 1. The number of carbonyl (C=O) groups excluding carboxylic acids is 2. The smallest absolute Gasteiger partial charge is 0.331 e. The fraction of sp³-hybridized carbons (Fsp3) is 0.400. The largest absolute Gasteiger partial charge is 0.467 e. The summed E-state index contributed by atoms with van der Waals surface area (Å²) < 4.78 is 4.78. The molecular formula is C15H14N2O4. The normalized spacial score (nSPS) is 33.3. The maximum Gasteiger partial charge on any atom is 0.331 e. The van der Waals surface area contributed by atoms with Gasteiger partial charge in [0.25, 0.3) is 5.91 Å². The van der Waals surface area contributed by atoms with Crippen LogP contribution in [-0.2, 0) is 15.3 Å². The van der Waals surface area contributed by atoms with E-state index in [0.29, 0.717) is 11.1 Å². The Labute approximate surface area is 121 Å². The maximum atomic E-state index is 12.6. The van der Waals surface area contributed by atoms with E-state index in [9.17, 15) is 20.0 Å². The predicted molar refractivity (Wildman–Crippen MR) is 70.6 cm³/mol. The number of nitrogens with zero attached hydrogens (tertiary/aromatic N) is 2. The van der Waals surface area contributed by atoms with Crippen LogP contribution in [0, 0.1) is 17.2 Å².